The number of nitrogens with one attached hydrogen (secondary N) is 1. The van der Waals surface area contributed by atoms with Gasteiger partial charge in [-0.1, -0.05) is 6.07 Å². The number of rotatable bonds is 2. The maximum absolute atomic E-state index is 10.2. The van der Waals surface area contributed by atoms with Gasteiger partial charge in [-0.2, -0.15) is 5.26 Å². The molecule has 3 aromatic rings. The van der Waals surface area contributed by atoms with Gasteiger partial charge in [0, 0.05) is 74.8 Å². The normalized spacial score (nSPS) is 25.0. The van der Waals surface area contributed by atoms with Crippen molar-refractivity contribution in [3.05, 3.63) is 65.4 Å². The van der Waals surface area contributed by atoms with Gasteiger partial charge in [-0.15, -0.1) is 0 Å². The van der Waals surface area contributed by atoms with Crippen LogP contribution in [0.1, 0.15) is 29.7 Å². The molecule has 34 heavy (non-hydrogen) atoms. The van der Waals surface area contributed by atoms with Crippen molar-refractivity contribution in [1.82, 2.24) is 15.2 Å². The van der Waals surface area contributed by atoms with Crippen molar-refractivity contribution in [2.24, 2.45) is 0 Å². The maximum atomic E-state index is 10.2. The van der Waals surface area contributed by atoms with Crippen LogP contribution < -0.4 is 15.1 Å². The van der Waals surface area contributed by atoms with Crippen molar-refractivity contribution in [2.75, 3.05) is 49.1 Å². The number of anilines is 2. The number of aliphatic hydroxyl groups is 1. The highest BCUT2D eigenvalue weighted by Crippen LogP contribution is 2.42. The summed E-state index contributed by atoms with van der Waals surface area (Å²) >= 11 is 0. The van der Waals surface area contributed by atoms with E-state index < -0.39 is 0 Å². The molecule has 0 amide bonds. The molecule has 2 N–H and O–H groups in total. The van der Waals surface area contributed by atoms with Gasteiger partial charge in [-0.3, -0.25) is 9.88 Å². The molecule has 0 bridgehead atoms. The molecule has 0 radical (unpaired) electrons. The summed E-state index contributed by atoms with van der Waals surface area (Å²) in [6, 6.07) is 17.9. The van der Waals surface area contributed by atoms with E-state index in [-0.39, 0.29) is 6.10 Å². The number of piperazine rings is 1. The number of benzene rings is 2. The fourth-order valence-electron chi connectivity index (χ4n) is 5.96. The quantitative estimate of drug-likeness (QED) is 0.616. The highest BCUT2D eigenvalue weighted by molar-refractivity contribution is 5.95. The van der Waals surface area contributed by atoms with Crippen LogP contribution in [0.3, 0.4) is 0 Å². The van der Waals surface area contributed by atoms with Crippen LogP contribution in [0.5, 0.6) is 0 Å². The first-order valence-electron chi connectivity index (χ1n) is 12.2. The highest BCUT2D eigenvalue weighted by atomic mass is 16.3. The molecule has 7 nitrogen and oxygen atoms in total. The average Bonchev–Trinajstić information content (AvgIpc) is 3.09. The third kappa shape index (κ3) is 3.59. The molecule has 6 rings (SSSR count). The third-order valence-electron chi connectivity index (χ3n) is 7.63. The highest BCUT2D eigenvalue weighted by Gasteiger charge is 2.39. The lowest BCUT2D eigenvalue weighted by Crippen LogP contribution is -2.51. The second-order valence-electron chi connectivity index (χ2n) is 9.77. The molecule has 0 unspecified atom stereocenters. The molecule has 4 heterocycles. The van der Waals surface area contributed by atoms with E-state index in [9.17, 15) is 10.4 Å². The Hall–Kier alpha value is -3.18. The number of fused-ring (bicyclic) bond motifs is 4. The van der Waals surface area contributed by atoms with Gasteiger partial charge in [-0.05, 0) is 54.4 Å². The second-order valence-corrected chi connectivity index (χ2v) is 9.77. The summed E-state index contributed by atoms with van der Waals surface area (Å²) in [5.74, 6) is 0. The number of aromatic nitrogens is 1. The van der Waals surface area contributed by atoms with Gasteiger partial charge >= 0.3 is 0 Å². The Balaban J connectivity index is 1.31. The molecule has 7 heteroatoms. The summed E-state index contributed by atoms with van der Waals surface area (Å²) < 4.78 is 0. The van der Waals surface area contributed by atoms with Gasteiger partial charge in [-0.25, -0.2) is 0 Å². The van der Waals surface area contributed by atoms with E-state index in [1.165, 1.54) is 16.8 Å². The Morgan fingerprint density at radius 3 is 2.91 bits per heavy atom. The Bertz CT molecular complexity index is 1270. The van der Waals surface area contributed by atoms with Gasteiger partial charge in [0.15, 0.2) is 0 Å². The van der Waals surface area contributed by atoms with E-state index in [1.54, 1.807) is 6.20 Å². The lowest BCUT2D eigenvalue weighted by molar-refractivity contribution is 0.134. The van der Waals surface area contributed by atoms with Crippen LogP contribution >= 0.6 is 0 Å². The summed E-state index contributed by atoms with van der Waals surface area (Å²) in [6.07, 6.45) is 1.42. The van der Waals surface area contributed by atoms with Crippen molar-refractivity contribution in [1.29, 1.82) is 5.26 Å². The van der Waals surface area contributed by atoms with E-state index in [0.717, 1.165) is 49.3 Å². The minimum absolute atomic E-state index is 0.339. The van der Waals surface area contributed by atoms with E-state index in [4.69, 9.17) is 0 Å². The van der Waals surface area contributed by atoms with Crippen LogP contribution in [0, 0.1) is 11.3 Å². The molecule has 0 saturated carbocycles. The zero-order valence-corrected chi connectivity index (χ0v) is 19.5. The van der Waals surface area contributed by atoms with Crippen LogP contribution in [0.25, 0.3) is 10.9 Å². The molecule has 1 aromatic heterocycles. The molecular formula is C27H30N6O. The molecule has 2 fully saturated rings. The topological polar surface area (TPSA) is 78.7 Å². The van der Waals surface area contributed by atoms with Crippen LogP contribution in [0.4, 0.5) is 11.4 Å². The van der Waals surface area contributed by atoms with Crippen molar-refractivity contribution in [2.45, 2.75) is 31.7 Å². The van der Waals surface area contributed by atoms with Crippen molar-refractivity contribution >= 4 is 22.3 Å². The van der Waals surface area contributed by atoms with Crippen LogP contribution in [0.15, 0.2) is 48.7 Å². The molecular weight excluding hydrogens is 424 g/mol. The first-order chi connectivity index (χ1) is 16.6. The molecule has 3 atom stereocenters. The Labute approximate surface area is 200 Å². The Morgan fingerprint density at radius 2 is 2.03 bits per heavy atom. The largest absolute Gasteiger partial charge is 0.390 e. The van der Waals surface area contributed by atoms with Gasteiger partial charge in [0.2, 0.25) is 0 Å². The summed E-state index contributed by atoms with van der Waals surface area (Å²) in [5, 5.41) is 24.1. The Morgan fingerprint density at radius 1 is 1.12 bits per heavy atom. The second kappa shape index (κ2) is 8.55. The number of hydrogen-bond donors (Lipinski definition) is 2. The monoisotopic (exact) mass is 454 g/mol. The van der Waals surface area contributed by atoms with E-state index >= 15 is 0 Å². The van der Waals surface area contributed by atoms with Gasteiger partial charge in [0.05, 0.1) is 23.2 Å². The fourth-order valence-corrected chi connectivity index (χ4v) is 5.96. The van der Waals surface area contributed by atoms with E-state index in [2.05, 4.69) is 68.3 Å². The molecule has 0 aliphatic carbocycles. The summed E-state index contributed by atoms with van der Waals surface area (Å²) in [7, 11) is 0. The first-order valence-corrected chi connectivity index (χ1v) is 12.2. The third-order valence-corrected chi connectivity index (χ3v) is 7.63. The van der Waals surface area contributed by atoms with E-state index in [1.807, 2.05) is 12.1 Å². The van der Waals surface area contributed by atoms with Crippen molar-refractivity contribution in [3.8, 4) is 6.07 Å². The minimum atomic E-state index is -0.340. The predicted octanol–water partition coefficient (Wildman–Crippen LogP) is 2.64. The number of pyridine rings is 1. The number of nitriles is 1. The smallest absolute Gasteiger partial charge is 0.101 e. The molecule has 2 aromatic carbocycles. The fraction of sp³-hybridized carbons (Fsp3) is 0.407. The Kier molecular flexibility index (Phi) is 5.37. The molecule has 2 saturated heterocycles. The molecule has 3 aliphatic rings. The maximum Gasteiger partial charge on any atom is 0.101 e. The van der Waals surface area contributed by atoms with E-state index in [0.29, 0.717) is 30.7 Å². The lowest BCUT2D eigenvalue weighted by atomic mass is 9.99. The number of β-amino-alcohol motifs (C(OH)–C–C–N with tert-alkyl or cyclic N) is 1. The van der Waals surface area contributed by atoms with Crippen molar-refractivity contribution < 1.29 is 5.11 Å². The number of nitrogens with zero attached hydrogens (tertiary/aromatic N) is 5. The van der Waals surface area contributed by atoms with Gasteiger partial charge in [0.1, 0.15) is 6.07 Å². The standard InChI is InChI=1S/C27H30N6O/c1-18-14-32(25-7-4-19(12-28)27-24(25)3-2-8-30-27)17-26-23-6-5-21(11-20(23)15-33(18)26)31-10-9-29-13-22(34)16-31/h2-8,11,18,22,26,29,34H,9-10,13-17H2,1H3/t18-,22+,26-/m1/s1. The molecule has 0 spiro atoms. The van der Waals surface area contributed by atoms with Gasteiger partial charge in [0.25, 0.3) is 0 Å². The van der Waals surface area contributed by atoms with Crippen molar-refractivity contribution in [3.63, 3.8) is 0 Å². The zero-order chi connectivity index (χ0) is 23.2. The SMILES string of the molecule is C[C@@H]1CN(c2ccc(C#N)c3ncccc23)C[C@@H]2c3ccc(N4CCNC[C@H](O)C4)cc3CN12. The van der Waals surface area contributed by atoms with Crippen LogP contribution in [-0.2, 0) is 6.54 Å². The van der Waals surface area contributed by atoms with Gasteiger partial charge < -0.3 is 20.2 Å². The summed E-state index contributed by atoms with van der Waals surface area (Å²) in [4.78, 5) is 11.9. The number of hydrogen-bond acceptors (Lipinski definition) is 7. The zero-order valence-electron chi connectivity index (χ0n) is 19.5. The summed E-state index contributed by atoms with van der Waals surface area (Å²) in [6.45, 7) is 8.26. The molecule has 174 valence electrons. The first kappa shape index (κ1) is 21.4. The van der Waals surface area contributed by atoms with Crippen LogP contribution in [-0.4, -0.2) is 66.4 Å². The minimum Gasteiger partial charge on any atom is -0.390 e. The van der Waals surface area contributed by atoms with Crippen LogP contribution in [0.2, 0.25) is 0 Å². The molecule has 3 aliphatic heterocycles. The average molecular weight is 455 g/mol. The number of aliphatic hydroxyl groups excluding tert-OH is 1. The predicted molar refractivity (Wildman–Crippen MR) is 134 cm³/mol. The summed E-state index contributed by atoms with van der Waals surface area (Å²) in [5.41, 5.74) is 6.57. The lowest BCUT2D eigenvalue weighted by Gasteiger charge is -2.43.